The first-order valence-corrected chi connectivity index (χ1v) is 9.04. The number of aromatic nitrogens is 3. The van der Waals surface area contributed by atoms with Gasteiger partial charge in [-0.05, 0) is 30.3 Å². The molecule has 1 aromatic carbocycles. The van der Waals surface area contributed by atoms with Gasteiger partial charge in [0.25, 0.3) is 5.89 Å². The molecule has 27 heavy (non-hydrogen) atoms. The van der Waals surface area contributed by atoms with E-state index in [1.165, 1.54) is 19.2 Å². The van der Waals surface area contributed by atoms with E-state index in [9.17, 15) is 13.2 Å². The van der Waals surface area contributed by atoms with Crippen LogP contribution in [0.25, 0.3) is 11.4 Å². The maximum atomic E-state index is 12.2. The van der Waals surface area contributed by atoms with Gasteiger partial charge in [0.05, 0.1) is 12.7 Å². The summed E-state index contributed by atoms with van der Waals surface area (Å²) in [6.07, 6.45) is 3.17. The molecular weight excluding hydrogens is 376 g/mol. The van der Waals surface area contributed by atoms with Crippen molar-refractivity contribution in [2.75, 3.05) is 7.11 Å². The minimum atomic E-state index is -4.08. The lowest BCUT2D eigenvalue weighted by atomic mass is 10.2. The number of methoxy groups -OCH3 is 1. The third-order valence-corrected chi connectivity index (χ3v) is 4.35. The highest BCUT2D eigenvalue weighted by Crippen LogP contribution is 2.24. The number of benzene rings is 1. The number of carbonyl (C=O) groups is 1. The van der Waals surface area contributed by atoms with Crippen molar-refractivity contribution >= 4 is 16.0 Å². The Bertz CT molecular complexity index is 1070. The van der Waals surface area contributed by atoms with E-state index < -0.39 is 16.0 Å². The minimum Gasteiger partial charge on any atom is -0.495 e. The van der Waals surface area contributed by atoms with Gasteiger partial charge in [0.2, 0.25) is 15.8 Å². The second-order valence-corrected chi connectivity index (χ2v) is 6.77. The summed E-state index contributed by atoms with van der Waals surface area (Å²) in [6, 6.07) is 7.21. The molecule has 0 spiro atoms. The lowest BCUT2D eigenvalue weighted by molar-refractivity contribution is 0.0429. The third kappa shape index (κ3) is 4.27. The van der Waals surface area contributed by atoms with Gasteiger partial charge in [0, 0.05) is 18.0 Å². The van der Waals surface area contributed by atoms with Crippen LogP contribution < -0.4 is 9.88 Å². The summed E-state index contributed by atoms with van der Waals surface area (Å²) in [4.78, 5) is 19.9. The molecule has 3 aromatic rings. The van der Waals surface area contributed by atoms with Crippen molar-refractivity contribution in [3.63, 3.8) is 0 Å². The monoisotopic (exact) mass is 390 g/mol. The summed E-state index contributed by atoms with van der Waals surface area (Å²) in [7, 11) is -2.79. The maximum Gasteiger partial charge on any atom is 0.338 e. The van der Waals surface area contributed by atoms with Gasteiger partial charge in [-0.25, -0.2) is 18.4 Å². The van der Waals surface area contributed by atoms with Crippen molar-refractivity contribution in [3.05, 3.63) is 54.2 Å². The van der Waals surface area contributed by atoms with E-state index >= 15 is 0 Å². The van der Waals surface area contributed by atoms with Gasteiger partial charge in [-0.3, -0.25) is 4.98 Å². The topological polar surface area (TPSA) is 148 Å². The summed E-state index contributed by atoms with van der Waals surface area (Å²) in [5, 5.41) is 8.90. The van der Waals surface area contributed by atoms with E-state index in [1.807, 2.05) is 0 Å². The SMILES string of the molecule is COc1ccc(C(=O)OCc2nc(-c3cccnc3)no2)cc1S(N)(=O)=O. The van der Waals surface area contributed by atoms with Crippen LogP contribution in [0.5, 0.6) is 5.75 Å². The molecule has 0 atom stereocenters. The fourth-order valence-corrected chi connectivity index (χ4v) is 2.89. The predicted molar refractivity (Wildman–Crippen MR) is 91.0 cm³/mol. The molecule has 0 saturated carbocycles. The zero-order valence-corrected chi connectivity index (χ0v) is 14.8. The van der Waals surface area contributed by atoms with E-state index in [4.69, 9.17) is 19.1 Å². The van der Waals surface area contributed by atoms with Crippen LogP contribution in [0.2, 0.25) is 0 Å². The van der Waals surface area contributed by atoms with Crippen LogP contribution in [0, 0.1) is 0 Å². The molecular formula is C16H14N4O6S. The second-order valence-electron chi connectivity index (χ2n) is 5.24. The first kappa shape index (κ1) is 18.5. The molecule has 0 bridgehead atoms. The van der Waals surface area contributed by atoms with Gasteiger partial charge in [-0.15, -0.1) is 0 Å². The Balaban J connectivity index is 1.72. The lowest BCUT2D eigenvalue weighted by Crippen LogP contribution is -2.15. The second kappa shape index (κ2) is 7.51. The molecule has 0 unspecified atom stereocenters. The predicted octanol–water partition coefficient (Wildman–Crippen LogP) is 1.14. The van der Waals surface area contributed by atoms with E-state index in [0.29, 0.717) is 11.4 Å². The van der Waals surface area contributed by atoms with Gasteiger partial charge in [-0.1, -0.05) is 5.16 Å². The van der Waals surface area contributed by atoms with Crippen LogP contribution in [-0.4, -0.2) is 36.6 Å². The normalized spacial score (nSPS) is 11.2. The van der Waals surface area contributed by atoms with Crippen molar-refractivity contribution in [1.82, 2.24) is 15.1 Å². The Morgan fingerprint density at radius 1 is 1.30 bits per heavy atom. The number of nitrogens with zero attached hydrogens (tertiary/aromatic N) is 3. The van der Waals surface area contributed by atoms with Crippen molar-refractivity contribution in [1.29, 1.82) is 0 Å². The number of nitrogens with two attached hydrogens (primary N) is 1. The van der Waals surface area contributed by atoms with Crippen molar-refractivity contribution in [2.45, 2.75) is 11.5 Å². The van der Waals surface area contributed by atoms with Crippen molar-refractivity contribution < 1.29 is 27.2 Å². The zero-order valence-electron chi connectivity index (χ0n) is 14.0. The average molecular weight is 390 g/mol. The largest absolute Gasteiger partial charge is 0.495 e. The van der Waals surface area contributed by atoms with Crippen LogP contribution >= 0.6 is 0 Å². The highest BCUT2D eigenvalue weighted by atomic mass is 32.2. The first-order valence-electron chi connectivity index (χ1n) is 7.49. The van der Waals surface area contributed by atoms with Gasteiger partial charge in [-0.2, -0.15) is 4.98 Å². The summed E-state index contributed by atoms with van der Waals surface area (Å²) in [5.41, 5.74) is 0.624. The van der Waals surface area contributed by atoms with Crippen molar-refractivity contribution in [3.8, 4) is 17.1 Å². The molecule has 0 radical (unpaired) electrons. The zero-order chi connectivity index (χ0) is 19.4. The molecule has 0 saturated heterocycles. The quantitative estimate of drug-likeness (QED) is 0.612. The van der Waals surface area contributed by atoms with Gasteiger partial charge in [0.1, 0.15) is 10.6 Å². The maximum absolute atomic E-state index is 12.2. The minimum absolute atomic E-state index is 0.0204. The van der Waals surface area contributed by atoms with Crippen LogP contribution in [0.4, 0.5) is 0 Å². The summed E-state index contributed by atoms with van der Waals surface area (Å²) in [5.74, 6) is -0.395. The molecule has 140 valence electrons. The van der Waals surface area contributed by atoms with Gasteiger partial charge >= 0.3 is 5.97 Å². The molecule has 2 heterocycles. The summed E-state index contributed by atoms with van der Waals surface area (Å²) >= 11 is 0. The number of primary sulfonamides is 1. The van der Waals surface area contributed by atoms with Crippen LogP contribution in [0.1, 0.15) is 16.2 Å². The Kier molecular flexibility index (Phi) is 5.14. The Hall–Kier alpha value is -3.31. The standard InChI is InChI=1S/C16H14N4O6S/c1-24-12-5-4-10(7-13(12)27(17,22)23)16(21)25-9-14-19-15(20-26-14)11-3-2-6-18-8-11/h2-8H,9H2,1H3,(H2,17,22,23). The first-order chi connectivity index (χ1) is 12.9. The smallest absolute Gasteiger partial charge is 0.338 e. The number of hydrogen-bond donors (Lipinski definition) is 1. The molecule has 0 aliphatic rings. The van der Waals surface area contributed by atoms with Crippen LogP contribution in [0.3, 0.4) is 0 Å². The number of carbonyl (C=O) groups excluding carboxylic acids is 1. The average Bonchev–Trinajstić information content (AvgIpc) is 3.14. The Labute approximate surface area is 154 Å². The number of ether oxygens (including phenoxy) is 2. The number of hydrogen-bond acceptors (Lipinski definition) is 9. The summed E-state index contributed by atoms with van der Waals surface area (Å²) in [6.45, 7) is -0.289. The van der Waals surface area contributed by atoms with Gasteiger partial charge < -0.3 is 14.0 Å². The molecule has 2 N–H and O–H groups in total. The molecule has 3 rings (SSSR count). The van der Waals surface area contributed by atoms with E-state index in [1.54, 1.807) is 24.5 Å². The third-order valence-electron chi connectivity index (χ3n) is 3.42. The van der Waals surface area contributed by atoms with E-state index in [0.717, 1.165) is 6.07 Å². The highest BCUT2D eigenvalue weighted by Gasteiger charge is 2.19. The Morgan fingerprint density at radius 3 is 2.78 bits per heavy atom. The van der Waals surface area contributed by atoms with Crippen LogP contribution in [-0.2, 0) is 21.4 Å². The highest BCUT2D eigenvalue weighted by molar-refractivity contribution is 7.89. The number of rotatable bonds is 6. The molecule has 0 aliphatic heterocycles. The Morgan fingerprint density at radius 2 is 2.11 bits per heavy atom. The fourth-order valence-electron chi connectivity index (χ4n) is 2.16. The fraction of sp³-hybridized carbons (Fsp3) is 0.125. The molecule has 0 amide bonds. The molecule has 11 heteroatoms. The molecule has 10 nitrogen and oxygen atoms in total. The van der Waals surface area contributed by atoms with Crippen molar-refractivity contribution in [2.24, 2.45) is 5.14 Å². The molecule has 0 fully saturated rings. The van der Waals surface area contributed by atoms with E-state index in [-0.39, 0.29) is 28.7 Å². The molecule has 2 aromatic heterocycles. The number of esters is 1. The number of pyridine rings is 1. The van der Waals surface area contributed by atoms with Crippen LogP contribution in [0.15, 0.2) is 52.1 Å². The number of sulfonamides is 1. The van der Waals surface area contributed by atoms with Gasteiger partial charge in [0.15, 0.2) is 6.61 Å². The molecule has 0 aliphatic carbocycles. The lowest BCUT2D eigenvalue weighted by Gasteiger charge is -2.08. The van der Waals surface area contributed by atoms with E-state index in [2.05, 4.69) is 15.1 Å². The summed E-state index contributed by atoms with van der Waals surface area (Å²) < 4.78 is 38.2.